The van der Waals surface area contributed by atoms with E-state index in [4.69, 9.17) is 0 Å². The number of aromatic nitrogens is 1. The molecule has 0 spiro atoms. The van der Waals surface area contributed by atoms with Crippen molar-refractivity contribution in [3.8, 4) is 0 Å². The molecule has 1 aliphatic heterocycles. The molecule has 1 saturated heterocycles. The second-order valence-corrected chi connectivity index (χ2v) is 7.30. The highest BCUT2D eigenvalue weighted by atomic mass is 15.2. The normalized spacial score (nSPS) is 16.0. The number of anilines is 1. The number of hydrogen-bond donors (Lipinski definition) is 2. The van der Waals surface area contributed by atoms with Crippen molar-refractivity contribution in [1.82, 2.24) is 15.2 Å². The third-order valence-electron chi connectivity index (χ3n) is 5.12. The summed E-state index contributed by atoms with van der Waals surface area (Å²) >= 11 is 0. The van der Waals surface area contributed by atoms with Crippen LogP contribution in [0.5, 0.6) is 0 Å². The van der Waals surface area contributed by atoms with Gasteiger partial charge in [0.05, 0.1) is 0 Å². The maximum Gasteiger partial charge on any atom is 0.191 e. The molecule has 0 radical (unpaired) electrons. The molecule has 1 aliphatic rings. The van der Waals surface area contributed by atoms with Gasteiger partial charge < -0.3 is 20.1 Å². The van der Waals surface area contributed by atoms with Crippen LogP contribution in [0.3, 0.4) is 0 Å². The van der Waals surface area contributed by atoms with E-state index in [9.17, 15) is 0 Å². The first-order valence-electron chi connectivity index (χ1n) is 9.53. The maximum absolute atomic E-state index is 4.30. The first-order chi connectivity index (χ1) is 12.6. The molecule has 0 amide bonds. The summed E-state index contributed by atoms with van der Waals surface area (Å²) in [7, 11) is 3.84. The predicted octanol–water partition coefficient (Wildman–Crippen LogP) is 3.13. The summed E-state index contributed by atoms with van der Waals surface area (Å²) in [6.45, 7) is 6.24. The molecule has 1 aromatic heterocycles. The maximum atomic E-state index is 4.30. The predicted molar refractivity (Wildman–Crippen MR) is 110 cm³/mol. The van der Waals surface area contributed by atoms with E-state index < -0.39 is 0 Å². The lowest BCUT2D eigenvalue weighted by atomic mass is 9.99. The van der Waals surface area contributed by atoms with Gasteiger partial charge in [0.25, 0.3) is 0 Å². The number of aliphatic imine (C=N–C) groups is 1. The van der Waals surface area contributed by atoms with E-state index in [1.165, 1.54) is 42.7 Å². The minimum atomic E-state index is 0.770. The molecule has 26 heavy (non-hydrogen) atoms. The van der Waals surface area contributed by atoms with Crippen LogP contribution in [0, 0.1) is 5.92 Å². The highest BCUT2D eigenvalue weighted by Crippen LogP contribution is 2.23. The van der Waals surface area contributed by atoms with Crippen LogP contribution in [0.1, 0.15) is 30.9 Å². The molecule has 140 valence electrons. The average molecular weight is 354 g/mol. The number of guanidine groups is 1. The summed E-state index contributed by atoms with van der Waals surface area (Å²) in [4.78, 5) is 6.80. The molecule has 5 heteroatoms. The van der Waals surface area contributed by atoms with Crippen LogP contribution in [-0.4, -0.2) is 30.7 Å². The lowest BCUT2D eigenvalue weighted by Gasteiger charge is -2.32. The van der Waals surface area contributed by atoms with Crippen LogP contribution >= 0.6 is 0 Å². The minimum absolute atomic E-state index is 0.770. The fourth-order valence-electron chi connectivity index (χ4n) is 3.35. The molecule has 0 aliphatic carbocycles. The summed E-state index contributed by atoms with van der Waals surface area (Å²) in [5.74, 6) is 1.69. The van der Waals surface area contributed by atoms with Crippen LogP contribution in [-0.2, 0) is 20.1 Å². The molecule has 1 aromatic carbocycles. The number of piperidine rings is 1. The van der Waals surface area contributed by atoms with E-state index in [1.807, 2.05) is 7.05 Å². The van der Waals surface area contributed by atoms with Crippen LogP contribution in [0.25, 0.3) is 0 Å². The van der Waals surface area contributed by atoms with Gasteiger partial charge >= 0.3 is 0 Å². The fraction of sp³-hybridized carbons (Fsp3) is 0.476. The van der Waals surface area contributed by atoms with Crippen molar-refractivity contribution < 1.29 is 0 Å². The Balaban J connectivity index is 1.47. The molecule has 0 unspecified atom stereocenters. The Labute approximate surface area is 157 Å². The van der Waals surface area contributed by atoms with E-state index in [0.717, 1.165) is 25.0 Å². The van der Waals surface area contributed by atoms with E-state index in [0.29, 0.717) is 0 Å². The Morgan fingerprint density at radius 2 is 1.69 bits per heavy atom. The van der Waals surface area contributed by atoms with Crippen molar-refractivity contribution in [2.45, 2.75) is 32.9 Å². The number of nitrogens with one attached hydrogen (secondary N) is 2. The molecule has 0 bridgehead atoms. The summed E-state index contributed by atoms with van der Waals surface area (Å²) < 4.78 is 2.05. The third-order valence-corrected chi connectivity index (χ3v) is 5.12. The number of hydrogen-bond acceptors (Lipinski definition) is 2. The number of nitrogens with zero attached hydrogens (tertiary/aromatic N) is 3. The van der Waals surface area contributed by atoms with E-state index >= 15 is 0 Å². The Morgan fingerprint density at radius 1 is 1.04 bits per heavy atom. The second-order valence-electron chi connectivity index (χ2n) is 7.30. The van der Waals surface area contributed by atoms with Gasteiger partial charge in [-0.2, -0.15) is 0 Å². The van der Waals surface area contributed by atoms with E-state index in [1.54, 1.807) is 7.05 Å². The summed E-state index contributed by atoms with van der Waals surface area (Å²) in [6, 6.07) is 11.0. The zero-order valence-electron chi connectivity index (χ0n) is 16.2. The number of rotatable bonds is 5. The topological polar surface area (TPSA) is 44.6 Å². The summed E-state index contributed by atoms with van der Waals surface area (Å²) in [6.07, 6.45) is 6.76. The average Bonchev–Trinajstić information content (AvgIpc) is 3.08. The molecule has 1 fully saturated rings. The van der Waals surface area contributed by atoms with Crippen LogP contribution in [0.4, 0.5) is 5.69 Å². The highest BCUT2D eigenvalue weighted by molar-refractivity contribution is 5.79. The highest BCUT2D eigenvalue weighted by Gasteiger charge is 2.15. The summed E-state index contributed by atoms with van der Waals surface area (Å²) in [5.41, 5.74) is 3.85. The Kier molecular flexibility index (Phi) is 6.21. The van der Waals surface area contributed by atoms with Gasteiger partial charge in [-0.15, -0.1) is 0 Å². The molecule has 5 nitrogen and oxygen atoms in total. The molecular formula is C21H31N5. The smallest absolute Gasteiger partial charge is 0.191 e. The lowest BCUT2D eigenvalue weighted by Crippen LogP contribution is -2.36. The van der Waals surface area contributed by atoms with Crippen LogP contribution in [0.15, 0.2) is 47.7 Å². The van der Waals surface area contributed by atoms with Crippen molar-refractivity contribution >= 4 is 11.6 Å². The first-order valence-corrected chi connectivity index (χ1v) is 9.53. The van der Waals surface area contributed by atoms with Crippen molar-refractivity contribution in [3.63, 3.8) is 0 Å². The van der Waals surface area contributed by atoms with Gasteiger partial charge in [0.15, 0.2) is 5.96 Å². The van der Waals surface area contributed by atoms with Crippen molar-refractivity contribution in [3.05, 3.63) is 53.9 Å². The van der Waals surface area contributed by atoms with Gasteiger partial charge in [0.2, 0.25) is 0 Å². The molecule has 2 aromatic rings. The van der Waals surface area contributed by atoms with Gasteiger partial charge in [-0.3, -0.25) is 4.99 Å². The Morgan fingerprint density at radius 3 is 2.27 bits per heavy atom. The summed E-state index contributed by atoms with van der Waals surface area (Å²) in [5, 5.41) is 6.74. The molecule has 2 N–H and O–H groups in total. The molecule has 3 rings (SSSR count). The Hall–Kier alpha value is -2.43. The zero-order chi connectivity index (χ0) is 18.4. The van der Waals surface area contributed by atoms with E-state index in [-0.39, 0.29) is 0 Å². The number of benzene rings is 1. The zero-order valence-corrected chi connectivity index (χ0v) is 16.2. The fourth-order valence-corrected chi connectivity index (χ4v) is 3.35. The first kappa shape index (κ1) is 18.4. The van der Waals surface area contributed by atoms with Crippen molar-refractivity contribution in [1.29, 1.82) is 0 Å². The largest absolute Gasteiger partial charge is 0.372 e. The molecule has 0 atom stereocenters. The lowest BCUT2D eigenvalue weighted by molar-refractivity contribution is 0.438. The van der Waals surface area contributed by atoms with Gasteiger partial charge in [-0.05, 0) is 48.1 Å². The monoisotopic (exact) mass is 353 g/mol. The molecular weight excluding hydrogens is 322 g/mol. The minimum Gasteiger partial charge on any atom is -0.372 e. The molecule has 0 saturated carbocycles. The van der Waals surface area contributed by atoms with Gasteiger partial charge in [0.1, 0.15) is 0 Å². The van der Waals surface area contributed by atoms with Crippen molar-refractivity contribution in [2.75, 3.05) is 25.0 Å². The van der Waals surface area contributed by atoms with E-state index in [2.05, 4.69) is 74.7 Å². The van der Waals surface area contributed by atoms with Crippen LogP contribution in [0.2, 0.25) is 0 Å². The third kappa shape index (κ3) is 5.04. The van der Waals surface area contributed by atoms with Crippen molar-refractivity contribution in [2.24, 2.45) is 18.0 Å². The van der Waals surface area contributed by atoms with Gasteiger partial charge in [-0.1, -0.05) is 19.1 Å². The van der Waals surface area contributed by atoms with Crippen LogP contribution < -0.4 is 15.5 Å². The van der Waals surface area contributed by atoms with Gasteiger partial charge in [-0.25, -0.2) is 0 Å². The second kappa shape index (κ2) is 8.79. The number of aryl methyl sites for hydroxylation is 1. The standard InChI is InChI=1S/C21H31N5/c1-17-8-12-26(13-9-17)20-6-4-18(5-7-20)14-23-21(22-2)24-15-19-10-11-25(3)16-19/h4-7,10-11,16-17H,8-9,12-15H2,1-3H3,(H2,22,23,24). The van der Waals surface area contributed by atoms with Gasteiger partial charge in [0, 0.05) is 58.4 Å². The SMILES string of the molecule is CN=C(NCc1ccc(N2CCC(C)CC2)cc1)NCc1ccn(C)c1. The quantitative estimate of drug-likeness (QED) is 0.641. The Bertz CT molecular complexity index is 708. The molecule has 2 heterocycles.